The molecule has 0 amide bonds. The summed E-state index contributed by atoms with van der Waals surface area (Å²) >= 11 is 0. The van der Waals surface area contributed by atoms with Crippen LogP contribution in [0, 0.1) is 6.92 Å². The van der Waals surface area contributed by atoms with Crippen LogP contribution < -0.4 is 5.32 Å². The van der Waals surface area contributed by atoms with Gasteiger partial charge in [0.15, 0.2) is 0 Å². The summed E-state index contributed by atoms with van der Waals surface area (Å²) in [6.45, 7) is 1.99. The molecule has 0 saturated heterocycles. The second-order valence-corrected chi connectivity index (χ2v) is 6.62. The molecule has 3 aromatic heterocycles. The molecule has 4 nitrogen and oxygen atoms in total. The first kappa shape index (κ1) is 18.0. The topological polar surface area (TPSA) is 53.6 Å². The van der Waals surface area contributed by atoms with E-state index in [9.17, 15) is 13.2 Å². The number of nitrogens with one attached hydrogen (secondary N) is 2. The standard InChI is InChI=1S/C21H17F3N4/c1-13-8-16-15(12-27-20(16)26-10-13)9-14-6-7-19(25-11-14)28-18-5-3-2-4-17(18)21(22,23)24/h2-8,10-12H,9H2,1H3,(H,25,28)(H,26,27). The van der Waals surface area contributed by atoms with E-state index in [4.69, 9.17) is 0 Å². The number of halogens is 3. The lowest BCUT2D eigenvalue weighted by Crippen LogP contribution is -2.09. The van der Waals surface area contributed by atoms with Crippen LogP contribution in [0.1, 0.15) is 22.3 Å². The molecule has 0 aliphatic heterocycles. The van der Waals surface area contributed by atoms with E-state index in [0.29, 0.717) is 12.2 Å². The Morgan fingerprint density at radius 2 is 1.86 bits per heavy atom. The van der Waals surface area contributed by atoms with Gasteiger partial charge in [0.2, 0.25) is 0 Å². The predicted molar refractivity (Wildman–Crippen MR) is 103 cm³/mol. The minimum absolute atomic E-state index is 0.0200. The Morgan fingerprint density at radius 1 is 1.04 bits per heavy atom. The van der Waals surface area contributed by atoms with Crippen LogP contribution in [0.5, 0.6) is 0 Å². The number of aromatic nitrogens is 3. The molecule has 0 fully saturated rings. The van der Waals surface area contributed by atoms with Crippen molar-refractivity contribution in [2.45, 2.75) is 19.5 Å². The molecule has 7 heteroatoms. The van der Waals surface area contributed by atoms with Gasteiger partial charge in [-0.1, -0.05) is 18.2 Å². The number of hydrogen-bond donors (Lipinski definition) is 2. The van der Waals surface area contributed by atoms with E-state index < -0.39 is 11.7 Å². The summed E-state index contributed by atoms with van der Waals surface area (Å²) in [5, 5.41) is 3.81. The Labute approximate surface area is 159 Å². The zero-order chi connectivity index (χ0) is 19.7. The third-order valence-corrected chi connectivity index (χ3v) is 4.47. The lowest BCUT2D eigenvalue weighted by Gasteiger charge is -2.14. The average Bonchev–Trinajstić information content (AvgIpc) is 3.05. The molecule has 0 saturated carbocycles. The number of rotatable bonds is 4. The summed E-state index contributed by atoms with van der Waals surface area (Å²) in [5.74, 6) is 0.358. The van der Waals surface area contributed by atoms with Crippen molar-refractivity contribution in [2.24, 2.45) is 0 Å². The first-order valence-electron chi connectivity index (χ1n) is 8.71. The zero-order valence-electron chi connectivity index (χ0n) is 15.0. The Balaban J connectivity index is 1.54. The van der Waals surface area contributed by atoms with Crippen molar-refractivity contribution in [3.8, 4) is 0 Å². The second kappa shape index (κ2) is 6.99. The van der Waals surface area contributed by atoms with Crippen molar-refractivity contribution >= 4 is 22.5 Å². The molecular formula is C21H17F3N4. The van der Waals surface area contributed by atoms with E-state index >= 15 is 0 Å². The number of alkyl halides is 3. The number of para-hydroxylation sites is 1. The number of anilines is 2. The molecule has 1 aromatic carbocycles. The van der Waals surface area contributed by atoms with Gasteiger partial charge in [-0.15, -0.1) is 0 Å². The number of benzene rings is 1. The van der Waals surface area contributed by atoms with Gasteiger partial charge in [-0.05, 0) is 47.9 Å². The van der Waals surface area contributed by atoms with Crippen molar-refractivity contribution in [1.82, 2.24) is 15.0 Å². The molecule has 0 aliphatic rings. The maximum absolute atomic E-state index is 13.1. The minimum atomic E-state index is -4.43. The number of hydrogen-bond acceptors (Lipinski definition) is 3. The van der Waals surface area contributed by atoms with Crippen molar-refractivity contribution in [3.05, 3.63) is 83.3 Å². The number of aryl methyl sites for hydroxylation is 1. The molecule has 0 unspecified atom stereocenters. The fourth-order valence-corrected chi connectivity index (χ4v) is 3.11. The van der Waals surface area contributed by atoms with Crippen LogP contribution in [0.3, 0.4) is 0 Å². The van der Waals surface area contributed by atoms with E-state index in [1.54, 1.807) is 18.3 Å². The average molecular weight is 382 g/mol. The van der Waals surface area contributed by atoms with Gasteiger partial charge in [-0.25, -0.2) is 9.97 Å². The third kappa shape index (κ3) is 3.69. The van der Waals surface area contributed by atoms with Crippen molar-refractivity contribution in [2.75, 3.05) is 5.32 Å². The van der Waals surface area contributed by atoms with E-state index in [2.05, 4.69) is 26.3 Å². The molecule has 142 valence electrons. The highest BCUT2D eigenvalue weighted by Crippen LogP contribution is 2.35. The van der Waals surface area contributed by atoms with Gasteiger partial charge in [0.05, 0.1) is 11.3 Å². The lowest BCUT2D eigenvalue weighted by atomic mass is 10.1. The van der Waals surface area contributed by atoms with E-state index in [1.807, 2.05) is 25.4 Å². The largest absolute Gasteiger partial charge is 0.418 e. The van der Waals surface area contributed by atoms with Crippen LogP contribution in [0.2, 0.25) is 0 Å². The summed E-state index contributed by atoms with van der Waals surface area (Å²) in [6, 6.07) is 11.0. The molecule has 4 rings (SSSR count). The Kier molecular flexibility index (Phi) is 4.50. The van der Waals surface area contributed by atoms with Gasteiger partial charge in [-0.3, -0.25) is 0 Å². The second-order valence-electron chi connectivity index (χ2n) is 6.62. The molecule has 0 atom stereocenters. The van der Waals surface area contributed by atoms with Crippen LogP contribution in [-0.2, 0) is 12.6 Å². The molecule has 3 heterocycles. The molecule has 0 spiro atoms. The molecule has 0 bridgehead atoms. The number of nitrogens with zero attached hydrogens (tertiary/aromatic N) is 2. The molecule has 0 aliphatic carbocycles. The number of fused-ring (bicyclic) bond motifs is 1. The fraction of sp³-hybridized carbons (Fsp3) is 0.143. The van der Waals surface area contributed by atoms with Crippen molar-refractivity contribution < 1.29 is 13.2 Å². The highest BCUT2D eigenvalue weighted by atomic mass is 19.4. The Hall–Kier alpha value is -3.35. The Bertz CT molecular complexity index is 1110. The van der Waals surface area contributed by atoms with Crippen molar-refractivity contribution in [3.63, 3.8) is 0 Å². The van der Waals surface area contributed by atoms with Gasteiger partial charge < -0.3 is 10.3 Å². The summed E-state index contributed by atoms with van der Waals surface area (Å²) in [4.78, 5) is 11.8. The van der Waals surface area contributed by atoms with Gasteiger partial charge in [-0.2, -0.15) is 13.2 Å². The number of aromatic amines is 1. The van der Waals surface area contributed by atoms with Crippen LogP contribution in [-0.4, -0.2) is 15.0 Å². The summed E-state index contributed by atoms with van der Waals surface area (Å²) in [7, 11) is 0. The highest BCUT2D eigenvalue weighted by Gasteiger charge is 2.33. The molecular weight excluding hydrogens is 365 g/mol. The summed E-state index contributed by atoms with van der Waals surface area (Å²) in [5.41, 5.74) is 3.22. The normalized spacial score (nSPS) is 11.7. The lowest BCUT2D eigenvalue weighted by molar-refractivity contribution is -0.136. The zero-order valence-corrected chi connectivity index (χ0v) is 15.0. The smallest absolute Gasteiger partial charge is 0.346 e. The van der Waals surface area contributed by atoms with Crippen LogP contribution in [0.4, 0.5) is 24.7 Å². The molecule has 2 N–H and O–H groups in total. The van der Waals surface area contributed by atoms with E-state index in [0.717, 1.165) is 33.8 Å². The quantitative estimate of drug-likeness (QED) is 0.482. The monoisotopic (exact) mass is 382 g/mol. The molecule has 0 radical (unpaired) electrons. The summed E-state index contributed by atoms with van der Waals surface area (Å²) in [6.07, 6.45) is 1.62. The fourth-order valence-electron chi connectivity index (χ4n) is 3.11. The Morgan fingerprint density at radius 3 is 2.61 bits per heavy atom. The molecule has 28 heavy (non-hydrogen) atoms. The van der Waals surface area contributed by atoms with Crippen LogP contribution in [0.25, 0.3) is 11.0 Å². The van der Waals surface area contributed by atoms with Gasteiger partial charge in [0, 0.05) is 30.4 Å². The highest BCUT2D eigenvalue weighted by molar-refractivity contribution is 5.80. The summed E-state index contributed by atoms with van der Waals surface area (Å²) < 4.78 is 39.3. The molecule has 4 aromatic rings. The number of pyridine rings is 2. The van der Waals surface area contributed by atoms with Crippen LogP contribution >= 0.6 is 0 Å². The van der Waals surface area contributed by atoms with Crippen LogP contribution in [0.15, 0.2) is 61.1 Å². The minimum Gasteiger partial charge on any atom is -0.346 e. The SMILES string of the molecule is Cc1cnc2[nH]cc(Cc3ccc(Nc4ccccc4C(F)(F)F)nc3)c2c1. The third-order valence-electron chi connectivity index (χ3n) is 4.47. The van der Waals surface area contributed by atoms with E-state index in [-0.39, 0.29) is 5.69 Å². The number of H-pyrrole nitrogens is 1. The van der Waals surface area contributed by atoms with E-state index in [1.165, 1.54) is 12.1 Å². The first-order valence-corrected chi connectivity index (χ1v) is 8.71. The van der Waals surface area contributed by atoms with Gasteiger partial charge in [0.1, 0.15) is 11.5 Å². The first-order chi connectivity index (χ1) is 13.4. The van der Waals surface area contributed by atoms with Gasteiger partial charge >= 0.3 is 6.18 Å². The maximum Gasteiger partial charge on any atom is 0.418 e. The predicted octanol–water partition coefficient (Wildman–Crippen LogP) is 5.62. The van der Waals surface area contributed by atoms with Gasteiger partial charge in [0.25, 0.3) is 0 Å². The van der Waals surface area contributed by atoms with Crippen molar-refractivity contribution in [1.29, 1.82) is 0 Å². The maximum atomic E-state index is 13.1.